The van der Waals surface area contributed by atoms with Crippen LogP contribution in [0.4, 0.5) is 5.82 Å². The van der Waals surface area contributed by atoms with Crippen LogP contribution in [0.25, 0.3) is 0 Å². The lowest BCUT2D eigenvalue weighted by atomic mass is 10.2. The molecule has 0 bridgehead atoms. The Morgan fingerprint density at radius 2 is 2.19 bits per heavy atom. The molecule has 1 fully saturated rings. The van der Waals surface area contributed by atoms with E-state index in [4.69, 9.17) is 11.6 Å². The van der Waals surface area contributed by atoms with Crippen molar-refractivity contribution in [2.24, 2.45) is 0 Å². The third-order valence-electron chi connectivity index (χ3n) is 3.26. The Morgan fingerprint density at radius 3 is 2.81 bits per heavy atom. The van der Waals surface area contributed by atoms with Crippen LogP contribution < -0.4 is 4.90 Å². The molecule has 2 nitrogen and oxygen atoms in total. The molecule has 1 aliphatic rings. The van der Waals surface area contributed by atoms with Gasteiger partial charge in [-0.05, 0) is 34.8 Å². The molecule has 2 rings (SSSR count). The lowest BCUT2D eigenvalue weighted by Crippen LogP contribution is -2.30. The maximum absolute atomic E-state index is 5.97. The molecular weight excluding hydrogens is 288 g/mol. The third kappa shape index (κ3) is 2.51. The Kier molecular flexibility index (Phi) is 4.09. The van der Waals surface area contributed by atoms with E-state index < -0.39 is 0 Å². The van der Waals surface area contributed by atoms with Crippen LogP contribution in [0.2, 0.25) is 0 Å². The highest BCUT2D eigenvalue weighted by molar-refractivity contribution is 9.10. The first-order valence-electron chi connectivity index (χ1n) is 5.65. The molecule has 0 radical (unpaired) electrons. The zero-order chi connectivity index (χ0) is 11.5. The SMILES string of the molecule is CN(c1ncc(Br)cc1CCl)C1CCCC1. The summed E-state index contributed by atoms with van der Waals surface area (Å²) >= 11 is 9.40. The number of anilines is 1. The van der Waals surface area contributed by atoms with Crippen LogP contribution in [-0.2, 0) is 5.88 Å². The predicted molar refractivity (Wildman–Crippen MR) is 72.2 cm³/mol. The van der Waals surface area contributed by atoms with Crippen molar-refractivity contribution in [3.8, 4) is 0 Å². The molecule has 0 unspecified atom stereocenters. The molecule has 1 aromatic heterocycles. The summed E-state index contributed by atoms with van der Waals surface area (Å²) in [7, 11) is 2.13. The number of rotatable bonds is 3. The molecule has 4 heteroatoms. The summed E-state index contributed by atoms with van der Waals surface area (Å²) in [4.78, 5) is 6.78. The first-order valence-corrected chi connectivity index (χ1v) is 6.98. The fourth-order valence-corrected chi connectivity index (χ4v) is 2.93. The lowest BCUT2D eigenvalue weighted by Gasteiger charge is -2.27. The van der Waals surface area contributed by atoms with Gasteiger partial charge in [-0.1, -0.05) is 12.8 Å². The van der Waals surface area contributed by atoms with Crippen molar-refractivity contribution in [3.05, 3.63) is 22.3 Å². The lowest BCUT2D eigenvalue weighted by molar-refractivity contribution is 0.644. The van der Waals surface area contributed by atoms with E-state index in [1.807, 2.05) is 6.20 Å². The number of aromatic nitrogens is 1. The van der Waals surface area contributed by atoms with Crippen LogP contribution in [0.5, 0.6) is 0 Å². The normalized spacial score (nSPS) is 16.7. The minimum atomic E-state index is 0.513. The van der Waals surface area contributed by atoms with E-state index >= 15 is 0 Å². The first-order chi connectivity index (χ1) is 7.72. The van der Waals surface area contributed by atoms with Crippen LogP contribution in [0.1, 0.15) is 31.2 Å². The summed E-state index contributed by atoms with van der Waals surface area (Å²) in [6.07, 6.45) is 7.06. The Morgan fingerprint density at radius 1 is 1.50 bits per heavy atom. The van der Waals surface area contributed by atoms with E-state index in [0.717, 1.165) is 15.9 Å². The fourth-order valence-electron chi connectivity index (χ4n) is 2.35. The molecule has 0 N–H and O–H groups in total. The maximum Gasteiger partial charge on any atom is 0.133 e. The van der Waals surface area contributed by atoms with Gasteiger partial charge in [0.1, 0.15) is 5.82 Å². The van der Waals surface area contributed by atoms with Crippen LogP contribution >= 0.6 is 27.5 Å². The topological polar surface area (TPSA) is 16.1 Å². The van der Waals surface area contributed by atoms with Gasteiger partial charge in [-0.3, -0.25) is 0 Å². The average molecular weight is 304 g/mol. The molecular formula is C12H16BrClN2. The van der Waals surface area contributed by atoms with E-state index in [2.05, 4.69) is 38.9 Å². The number of halogens is 2. The van der Waals surface area contributed by atoms with Gasteiger partial charge in [0.25, 0.3) is 0 Å². The van der Waals surface area contributed by atoms with Crippen LogP contribution in [0.15, 0.2) is 16.7 Å². The van der Waals surface area contributed by atoms with Gasteiger partial charge in [0.2, 0.25) is 0 Å². The smallest absolute Gasteiger partial charge is 0.133 e. The van der Waals surface area contributed by atoms with E-state index in [0.29, 0.717) is 11.9 Å². The van der Waals surface area contributed by atoms with Crippen molar-refractivity contribution in [1.29, 1.82) is 0 Å². The molecule has 0 amide bonds. The number of nitrogens with zero attached hydrogens (tertiary/aromatic N) is 2. The second-order valence-corrected chi connectivity index (χ2v) is 5.50. The Labute approximate surface area is 110 Å². The summed E-state index contributed by atoms with van der Waals surface area (Å²) in [5.74, 6) is 1.55. The van der Waals surface area contributed by atoms with Crippen molar-refractivity contribution < 1.29 is 0 Å². The highest BCUT2D eigenvalue weighted by Crippen LogP contribution is 2.29. The second kappa shape index (κ2) is 5.37. The van der Waals surface area contributed by atoms with E-state index in [1.165, 1.54) is 25.7 Å². The summed E-state index contributed by atoms with van der Waals surface area (Å²) in [6.45, 7) is 0. The van der Waals surface area contributed by atoms with Gasteiger partial charge in [0.05, 0.1) is 5.88 Å². The Balaban J connectivity index is 2.24. The fraction of sp³-hybridized carbons (Fsp3) is 0.583. The summed E-state index contributed by atoms with van der Waals surface area (Å²) < 4.78 is 0.992. The molecule has 0 aliphatic heterocycles. The van der Waals surface area contributed by atoms with Gasteiger partial charge in [0.15, 0.2) is 0 Å². The Hall–Kier alpha value is -0.280. The zero-order valence-corrected chi connectivity index (χ0v) is 11.8. The van der Waals surface area contributed by atoms with E-state index in [-0.39, 0.29) is 0 Å². The summed E-state index contributed by atoms with van der Waals surface area (Å²) in [5, 5.41) is 0. The molecule has 1 aromatic rings. The van der Waals surface area contributed by atoms with Crippen LogP contribution in [0.3, 0.4) is 0 Å². The standard InChI is InChI=1S/C12H16BrClN2/c1-16(11-4-2-3-5-11)12-9(7-14)6-10(13)8-15-12/h6,8,11H,2-5,7H2,1H3. The average Bonchev–Trinajstić information content (AvgIpc) is 2.81. The number of pyridine rings is 1. The van der Waals surface area contributed by atoms with Gasteiger partial charge >= 0.3 is 0 Å². The maximum atomic E-state index is 5.97. The molecule has 0 spiro atoms. The highest BCUT2D eigenvalue weighted by atomic mass is 79.9. The molecule has 1 saturated carbocycles. The number of hydrogen-bond acceptors (Lipinski definition) is 2. The summed E-state index contributed by atoms with van der Waals surface area (Å²) in [5.41, 5.74) is 1.10. The highest BCUT2D eigenvalue weighted by Gasteiger charge is 2.22. The molecule has 0 saturated heterocycles. The van der Waals surface area contributed by atoms with E-state index in [9.17, 15) is 0 Å². The Bertz CT molecular complexity index is 364. The van der Waals surface area contributed by atoms with Gasteiger partial charge in [-0.15, -0.1) is 11.6 Å². The predicted octanol–water partition coefficient (Wildman–Crippen LogP) is 3.96. The van der Waals surface area contributed by atoms with Gasteiger partial charge < -0.3 is 4.90 Å². The minimum absolute atomic E-state index is 0.513. The van der Waals surface area contributed by atoms with Crippen molar-refractivity contribution in [1.82, 2.24) is 4.98 Å². The second-order valence-electron chi connectivity index (χ2n) is 4.32. The molecule has 0 atom stereocenters. The van der Waals surface area contributed by atoms with E-state index in [1.54, 1.807) is 0 Å². The van der Waals surface area contributed by atoms with Crippen LogP contribution in [0, 0.1) is 0 Å². The third-order valence-corrected chi connectivity index (χ3v) is 3.98. The molecule has 16 heavy (non-hydrogen) atoms. The number of alkyl halides is 1. The van der Waals surface area contributed by atoms with Gasteiger partial charge in [-0.2, -0.15) is 0 Å². The van der Waals surface area contributed by atoms with Crippen molar-refractivity contribution in [2.45, 2.75) is 37.6 Å². The molecule has 0 aromatic carbocycles. The molecule has 88 valence electrons. The zero-order valence-electron chi connectivity index (χ0n) is 9.42. The molecule has 1 aliphatic carbocycles. The molecule has 1 heterocycles. The number of hydrogen-bond donors (Lipinski definition) is 0. The summed E-state index contributed by atoms with van der Waals surface area (Å²) in [6, 6.07) is 2.69. The van der Waals surface area contributed by atoms with Gasteiger partial charge in [0, 0.05) is 29.3 Å². The van der Waals surface area contributed by atoms with Crippen LogP contribution in [-0.4, -0.2) is 18.1 Å². The van der Waals surface area contributed by atoms with Crippen molar-refractivity contribution in [3.63, 3.8) is 0 Å². The van der Waals surface area contributed by atoms with Gasteiger partial charge in [-0.25, -0.2) is 4.98 Å². The quantitative estimate of drug-likeness (QED) is 0.786. The van der Waals surface area contributed by atoms with Crippen molar-refractivity contribution >= 4 is 33.3 Å². The van der Waals surface area contributed by atoms with Crippen molar-refractivity contribution in [2.75, 3.05) is 11.9 Å². The monoisotopic (exact) mass is 302 g/mol. The largest absolute Gasteiger partial charge is 0.356 e. The first kappa shape index (κ1) is 12.2. The minimum Gasteiger partial charge on any atom is -0.356 e.